The van der Waals surface area contributed by atoms with Gasteiger partial charge in [0.25, 0.3) is 5.56 Å². The predicted octanol–water partition coefficient (Wildman–Crippen LogP) is 4.66. The molecule has 1 aliphatic heterocycles. The minimum atomic E-state index is -4.99. The van der Waals surface area contributed by atoms with Gasteiger partial charge in [0.1, 0.15) is 5.75 Å². The molecule has 36 heavy (non-hydrogen) atoms. The van der Waals surface area contributed by atoms with E-state index in [1.807, 2.05) is 0 Å². The van der Waals surface area contributed by atoms with E-state index in [2.05, 4.69) is 4.99 Å². The summed E-state index contributed by atoms with van der Waals surface area (Å²) in [6.45, 7) is 1.30. The van der Waals surface area contributed by atoms with E-state index >= 15 is 0 Å². The summed E-state index contributed by atoms with van der Waals surface area (Å²) in [6.07, 6.45) is -3.53. The van der Waals surface area contributed by atoms with E-state index in [1.54, 1.807) is 18.2 Å². The van der Waals surface area contributed by atoms with Gasteiger partial charge in [-0.1, -0.05) is 46.7 Å². The van der Waals surface area contributed by atoms with Crippen molar-refractivity contribution in [3.05, 3.63) is 94.6 Å². The van der Waals surface area contributed by atoms with Crippen molar-refractivity contribution in [1.29, 1.82) is 0 Å². The molecule has 188 valence electrons. The van der Waals surface area contributed by atoms with E-state index in [-0.39, 0.29) is 21.5 Å². The molecule has 1 atom stereocenters. The molecule has 0 N–H and O–H groups in total. The predicted molar refractivity (Wildman–Crippen MR) is 130 cm³/mol. The number of carbonyl (C=O) groups excluding carboxylic acids is 1. The van der Waals surface area contributed by atoms with Crippen LogP contribution in [-0.2, 0) is 9.53 Å². The molecule has 4 rings (SSSR count). The lowest BCUT2D eigenvalue weighted by atomic mass is 9.95. The van der Waals surface area contributed by atoms with Crippen LogP contribution in [0.25, 0.3) is 6.08 Å². The van der Waals surface area contributed by atoms with Gasteiger partial charge in [-0.2, -0.15) is 13.2 Å². The molecule has 0 bridgehead atoms. The maximum Gasteiger partial charge on any atom is 0.434 e. The number of esters is 1. The largest absolute Gasteiger partial charge is 0.496 e. The Labute approximate surface area is 216 Å². The number of halogens is 5. The highest BCUT2D eigenvalue weighted by molar-refractivity contribution is 7.07. The molecule has 1 aromatic heterocycles. The number of alkyl halides is 3. The summed E-state index contributed by atoms with van der Waals surface area (Å²) < 4.78 is 53.8. The van der Waals surface area contributed by atoms with Crippen LogP contribution in [-0.4, -0.2) is 30.4 Å². The molecule has 0 unspecified atom stereocenters. The second-order valence-corrected chi connectivity index (χ2v) is 9.38. The summed E-state index contributed by atoms with van der Waals surface area (Å²) >= 11 is 12.8. The highest BCUT2D eigenvalue weighted by Crippen LogP contribution is 2.38. The zero-order valence-corrected chi connectivity index (χ0v) is 21.1. The average molecular weight is 557 g/mol. The van der Waals surface area contributed by atoms with Crippen LogP contribution in [0.2, 0.25) is 10.0 Å². The molecule has 0 aliphatic carbocycles. The van der Waals surface area contributed by atoms with Crippen molar-refractivity contribution in [3.8, 4) is 5.75 Å². The van der Waals surface area contributed by atoms with Crippen LogP contribution in [0.4, 0.5) is 13.2 Å². The van der Waals surface area contributed by atoms with Crippen molar-refractivity contribution in [1.82, 2.24) is 4.57 Å². The van der Waals surface area contributed by atoms with E-state index in [1.165, 1.54) is 44.4 Å². The second-order valence-electron chi connectivity index (χ2n) is 7.50. The number of nitrogens with zero attached hydrogens (tertiary/aromatic N) is 2. The van der Waals surface area contributed by atoms with E-state index < -0.39 is 35.0 Å². The fraction of sp³-hybridized carbons (Fsp3) is 0.208. The molecule has 0 fully saturated rings. The number of aromatic nitrogens is 1. The van der Waals surface area contributed by atoms with E-state index in [4.69, 9.17) is 32.7 Å². The summed E-state index contributed by atoms with van der Waals surface area (Å²) in [7, 11) is 1.43. The van der Waals surface area contributed by atoms with Crippen molar-refractivity contribution in [3.63, 3.8) is 0 Å². The summed E-state index contributed by atoms with van der Waals surface area (Å²) in [5.74, 6) is -0.818. The minimum Gasteiger partial charge on any atom is -0.496 e. The van der Waals surface area contributed by atoms with Crippen LogP contribution >= 0.6 is 34.5 Å². The van der Waals surface area contributed by atoms with Crippen LogP contribution in [0.1, 0.15) is 24.1 Å². The first-order valence-corrected chi connectivity index (χ1v) is 12.0. The maximum absolute atomic E-state index is 14.1. The van der Waals surface area contributed by atoms with Crippen molar-refractivity contribution in [2.75, 3.05) is 13.7 Å². The molecule has 2 heterocycles. The van der Waals surface area contributed by atoms with Crippen LogP contribution in [0.3, 0.4) is 0 Å². The van der Waals surface area contributed by atoms with Gasteiger partial charge in [-0.05, 0) is 48.9 Å². The average Bonchev–Trinajstić information content (AvgIpc) is 3.13. The van der Waals surface area contributed by atoms with Gasteiger partial charge in [-0.15, -0.1) is 0 Å². The molecule has 3 aromatic rings. The number of hydrogen-bond acceptors (Lipinski definition) is 6. The summed E-state index contributed by atoms with van der Waals surface area (Å²) in [6, 6.07) is 9.12. The standard InChI is InChI=1S/C24H17Cl2F3N2O4S/c1-3-35-22(33)18-19(12-4-6-14(25)7-5-12)31-21(32)17(36-23(31)30-20(18)24(27,28)29)11-13-10-15(26)8-9-16(13)34-2/h4-11,19H,3H2,1-2H3/b17-11-/t19-/m1/s1. The van der Waals surface area contributed by atoms with E-state index in [9.17, 15) is 22.8 Å². The number of allylic oxidation sites excluding steroid dienone is 1. The fourth-order valence-corrected chi connectivity index (χ4v) is 5.06. The molecule has 0 radical (unpaired) electrons. The van der Waals surface area contributed by atoms with Gasteiger partial charge in [0.05, 0.1) is 29.9 Å². The molecule has 0 saturated carbocycles. The number of fused-ring (bicyclic) bond motifs is 1. The van der Waals surface area contributed by atoms with Gasteiger partial charge in [-0.25, -0.2) is 9.79 Å². The number of methoxy groups -OCH3 is 1. The van der Waals surface area contributed by atoms with E-state index in [0.717, 1.165) is 15.9 Å². The number of benzene rings is 2. The zero-order chi connectivity index (χ0) is 26.2. The Balaban J connectivity index is 2.06. The molecule has 1 aliphatic rings. The quantitative estimate of drug-likeness (QED) is 0.429. The van der Waals surface area contributed by atoms with Crippen LogP contribution in [0.15, 0.2) is 63.5 Å². The maximum atomic E-state index is 14.1. The number of carbonyl (C=O) groups is 1. The van der Waals surface area contributed by atoms with Crippen molar-refractivity contribution in [2.45, 2.75) is 19.1 Å². The Hall–Kier alpha value is -3.08. The molecule has 6 nitrogen and oxygen atoms in total. The minimum absolute atomic E-state index is 0.0694. The highest BCUT2D eigenvalue weighted by Gasteiger charge is 2.45. The summed E-state index contributed by atoms with van der Waals surface area (Å²) in [5, 5.41) is 0.703. The fourth-order valence-electron chi connectivity index (χ4n) is 3.76. The van der Waals surface area contributed by atoms with Gasteiger partial charge in [0, 0.05) is 15.6 Å². The molecule has 2 aromatic carbocycles. The molecule has 0 spiro atoms. The summed E-state index contributed by atoms with van der Waals surface area (Å²) in [4.78, 5) is 29.9. The molecule has 12 heteroatoms. The third-order valence-electron chi connectivity index (χ3n) is 5.26. The van der Waals surface area contributed by atoms with Crippen LogP contribution < -0.4 is 19.6 Å². The van der Waals surface area contributed by atoms with Crippen molar-refractivity contribution >= 4 is 46.6 Å². The Bertz CT molecular complexity index is 1540. The normalized spacial score (nSPS) is 16.0. The van der Waals surface area contributed by atoms with Gasteiger partial charge in [-0.3, -0.25) is 9.36 Å². The Kier molecular flexibility index (Phi) is 7.31. The van der Waals surface area contributed by atoms with Crippen molar-refractivity contribution < 1.29 is 27.4 Å². The third kappa shape index (κ3) is 4.93. The SMILES string of the molecule is CCOC(=O)C1=C(C(F)(F)F)N=c2s/c(=C\c3cc(Cl)ccc3OC)c(=O)n2[C@@H]1c1ccc(Cl)cc1. The van der Waals surface area contributed by atoms with Crippen LogP contribution in [0, 0.1) is 0 Å². The Morgan fingerprint density at radius 1 is 1.17 bits per heavy atom. The monoisotopic (exact) mass is 556 g/mol. The Morgan fingerprint density at radius 2 is 1.83 bits per heavy atom. The Morgan fingerprint density at radius 3 is 2.44 bits per heavy atom. The smallest absolute Gasteiger partial charge is 0.434 e. The van der Waals surface area contributed by atoms with Gasteiger partial charge in [0.2, 0.25) is 0 Å². The van der Waals surface area contributed by atoms with Crippen molar-refractivity contribution in [2.24, 2.45) is 4.99 Å². The number of thiazole rings is 1. The highest BCUT2D eigenvalue weighted by atomic mass is 35.5. The van der Waals surface area contributed by atoms with E-state index in [0.29, 0.717) is 21.4 Å². The third-order valence-corrected chi connectivity index (χ3v) is 6.73. The molecule has 0 saturated heterocycles. The first kappa shape index (κ1) is 26.0. The number of ether oxygens (including phenoxy) is 2. The first-order valence-electron chi connectivity index (χ1n) is 10.4. The van der Waals surface area contributed by atoms with Crippen LogP contribution in [0.5, 0.6) is 5.75 Å². The second kappa shape index (κ2) is 10.1. The molecule has 0 amide bonds. The van der Waals surface area contributed by atoms with Gasteiger partial charge in [0.15, 0.2) is 10.5 Å². The summed E-state index contributed by atoms with van der Waals surface area (Å²) in [5.41, 5.74) is -2.19. The number of rotatable bonds is 5. The van der Waals surface area contributed by atoms with Gasteiger partial charge < -0.3 is 9.47 Å². The zero-order valence-electron chi connectivity index (χ0n) is 18.7. The lowest BCUT2D eigenvalue weighted by Gasteiger charge is -2.26. The number of hydrogen-bond donors (Lipinski definition) is 0. The van der Waals surface area contributed by atoms with Gasteiger partial charge >= 0.3 is 12.1 Å². The molecular formula is C24H17Cl2F3N2O4S. The lowest BCUT2D eigenvalue weighted by molar-refractivity contribution is -0.140. The lowest BCUT2D eigenvalue weighted by Crippen LogP contribution is -2.41. The first-order chi connectivity index (χ1) is 17.0. The molecular weight excluding hydrogens is 540 g/mol. The topological polar surface area (TPSA) is 69.9 Å².